The number of aliphatic carboxylic acids is 1. The predicted octanol–water partition coefficient (Wildman–Crippen LogP) is 5.53. The van der Waals surface area contributed by atoms with E-state index >= 15 is 0 Å². The summed E-state index contributed by atoms with van der Waals surface area (Å²) in [6.45, 7) is 1.46. The van der Waals surface area contributed by atoms with Crippen molar-refractivity contribution in [2.45, 2.75) is 44.1 Å². The van der Waals surface area contributed by atoms with Crippen LogP contribution < -0.4 is 10.1 Å². The highest BCUT2D eigenvalue weighted by Crippen LogP contribution is 2.48. The van der Waals surface area contributed by atoms with E-state index in [2.05, 4.69) is 0 Å². The topological polar surface area (TPSA) is 75.6 Å². The number of amides is 1. The standard InChI is InChI=1S/C24H21F6NO4/c1-14-3-5-15(6-4-14)18-13-22(24(28,29)30,31-20(32)19(18)21(33)34)16-7-9-17(10-8-16)35-12-2-11-23(25,26)27/h3-10H,2,11-13H2,1H3,(H,31,32)(H,33,34)/t22-/m0/s1. The molecule has 0 saturated carbocycles. The maximum atomic E-state index is 14.5. The van der Waals surface area contributed by atoms with E-state index in [0.29, 0.717) is 0 Å². The first-order valence-electron chi connectivity index (χ1n) is 10.5. The van der Waals surface area contributed by atoms with Gasteiger partial charge in [0.25, 0.3) is 5.91 Å². The number of hydrogen-bond acceptors (Lipinski definition) is 3. The molecular formula is C24H21F6NO4. The third-order valence-corrected chi connectivity index (χ3v) is 5.62. The number of rotatable bonds is 7. The number of carboxylic acid groups (broad SMARTS) is 1. The Hall–Kier alpha value is -3.50. The van der Waals surface area contributed by atoms with Crippen molar-refractivity contribution >= 4 is 17.4 Å². The van der Waals surface area contributed by atoms with Crippen molar-refractivity contribution in [3.63, 3.8) is 0 Å². The number of carboxylic acids is 1. The third kappa shape index (κ3) is 5.77. The van der Waals surface area contributed by atoms with E-state index in [0.717, 1.165) is 29.8 Å². The molecule has 2 N–H and O–H groups in total. The number of carbonyl (C=O) groups is 2. The van der Waals surface area contributed by atoms with Gasteiger partial charge >= 0.3 is 18.3 Å². The van der Waals surface area contributed by atoms with Crippen molar-refractivity contribution < 1.29 is 45.8 Å². The van der Waals surface area contributed by atoms with Crippen molar-refractivity contribution in [1.29, 1.82) is 0 Å². The van der Waals surface area contributed by atoms with Crippen LogP contribution in [0.25, 0.3) is 5.57 Å². The van der Waals surface area contributed by atoms with Gasteiger partial charge in [0, 0.05) is 12.8 Å². The van der Waals surface area contributed by atoms with Crippen LogP contribution >= 0.6 is 0 Å². The Balaban J connectivity index is 1.97. The zero-order chi connectivity index (χ0) is 26.0. The molecule has 0 aliphatic carbocycles. The lowest BCUT2D eigenvalue weighted by atomic mass is 9.76. The second-order valence-corrected chi connectivity index (χ2v) is 8.15. The third-order valence-electron chi connectivity index (χ3n) is 5.62. The molecule has 5 nitrogen and oxygen atoms in total. The molecule has 0 unspecified atom stereocenters. The molecule has 2 aromatic rings. The van der Waals surface area contributed by atoms with Crippen LogP contribution in [0.15, 0.2) is 54.1 Å². The first-order valence-corrected chi connectivity index (χ1v) is 10.5. The molecule has 0 saturated heterocycles. The van der Waals surface area contributed by atoms with Crippen LogP contribution in [0.5, 0.6) is 5.75 Å². The van der Waals surface area contributed by atoms with Crippen LogP contribution in [0.2, 0.25) is 0 Å². The van der Waals surface area contributed by atoms with E-state index in [4.69, 9.17) is 4.74 Å². The molecule has 1 aliphatic heterocycles. The van der Waals surface area contributed by atoms with Crippen molar-refractivity contribution in [2.24, 2.45) is 0 Å². The summed E-state index contributed by atoms with van der Waals surface area (Å²) in [5.74, 6) is -2.99. The highest BCUT2D eigenvalue weighted by molar-refractivity contribution is 6.22. The number of carbonyl (C=O) groups excluding carboxylic acids is 1. The van der Waals surface area contributed by atoms with Crippen LogP contribution in [0.4, 0.5) is 26.3 Å². The Morgan fingerprint density at radius 1 is 1.03 bits per heavy atom. The summed E-state index contributed by atoms with van der Waals surface area (Å²) in [6.07, 6.45) is -11.6. The van der Waals surface area contributed by atoms with Gasteiger partial charge in [-0.25, -0.2) is 4.79 Å². The summed E-state index contributed by atoms with van der Waals surface area (Å²) in [5.41, 5.74) is -3.40. The van der Waals surface area contributed by atoms with Crippen LogP contribution in [0.3, 0.4) is 0 Å². The summed E-state index contributed by atoms with van der Waals surface area (Å²) < 4.78 is 85.3. The molecule has 1 amide bonds. The van der Waals surface area contributed by atoms with Gasteiger partial charge in [0.15, 0.2) is 5.54 Å². The molecule has 35 heavy (non-hydrogen) atoms. The van der Waals surface area contributed by atoms with Crippen molar-refractivity contribution in [3.05, 3.63) is 70.8 Å². The molecular weight excluding hydrogens is 480 g/mol. The Morgan fingerprint density at radius 2 is 1.63 bits per heavy atom. The highest BCUT2D eigenvalue weighted by atomic mass is 19.4. The minimum Gasteiger partial charge on any atom is -0.494 e. The molecule has 0 fully saturated rings. The minimum absolute atomic E-state index is 0.0518. The van der Waals surface area contributed by atoms with Crippen LogP contribution in [-0.4, -0.2) is 35.9 Å². The van der Waals surface area contributed by atoms with E-state index in [-0.39, 0.29) is 35.5 Å². The largest absolute Gasteiger partial charge is 0.494 e. The first kappa shape index (κ1) is 26.1. The average Bonchev–Trinajstić information content (AvgIpc) is 2.75. The predicted molar refractivity (Wildman–Crippen MR) is 113 cm³/mol. The van der Waals surface area contributed by atoms with Gasteiger partial charge < -0.3 is 15.2 Å². The Labute approximate surface area is 196 Å². The second-order valence-electron chi connectivity index (χ2n) is 8.15. The summed E-state index contributed by atoms with van der Waals surface area (Å²) >= 11 is 0. The van der Waals surface area contributed by atoms with Crippen molar-refractivity contribution in [1.82, 2.24) is 5.32 Å². The molecule has 3 rings (SSSR count). The molecule has 0 bridgehead atoms. The zero-order valence-electron chi connectivity index (χ0n) is 18.4. The monoisotopic (exact) mass is 501 g/mol. The maximum absolute atomic E-state index is 14.5. The number of benzene rings is 2. The normalized spacial score (nSPS) is 18.9. The van der Waals surface area contributed by atoms with E-state index in [1.807, 2.05) is 5.32 Å². The van der Waals surface area contributed by atoms with Crippen LogP contribution in [0, 0.1) is 6.92 Å². The molecule has 1 atom stereocenters. The van der Waals surface area contributed by atoms with Gasteiger partial charge in [-0.1, -0.05) is 42.0 Å². The van der Waals surface area contributed by atoms with Gasteiger partial charge in [0.1, 0.15) is 11.3 Å². The molecule has 2 aromatic carbocycles. The second kappa shape index (κ2) is 9.63. The van der Waals surface area contributed by atoms with E-state index in [1.165, 1.54) is 12.1 Å². The molecule has 0 radical (unpaired) electrons. The lowest BCUT2D eigenvalue weighted by Crippen LogP contribution is -2.59. The number of halogens is 6. The zero-order valence-corrected chi connectivity index (χ0v) is 18.4. The fraction of sp³-hybridized carbons (Fsp3) is 0.333. The Bertz CT molecular complexity index is 1120. The molecule has 0 spiro atoms. The number of hydrogen-bond donors (Lipinski definition) is 2. The lowest BCUT2D eigenvalue weighted by molar-refractivity contribution is -0.202. The number of alkyl halides is 6. The SMILES string of the molecule is Cc1ccc(C2=C(C(=O)O)C(=O)N[C@@](c3ccc(OCCCC(F)(F)F)cc3)(C(F)(F)F)C2)cc1. The van der Waals surface area contributed by atoms with E-state index < -0.39 is 48.2 Å². The van der Waals surface area contributed by atoms with Gasteiger partial charge in [-0.3, -0.25) is 4.79 Å². The van der Waals surface area contributed by atoms with Gasteiger partial charge in [-0.05, 0) is 42.2 Å². The molecule has 188 valence electrons. The van der Waals surface area contributed by atoms with Gasteiger partial charge in [-0.15, -0.1) is 0 Å². The molecule has 1 aliphatic rings. The summed E-state index contributed by atoms with van der Waals surface area (Å²) in [4.78, 5) is 24.4. The van der Waals surface area contributed by atoms with Gasteiger partial charge in [0.05, 0.1) is 6.61 Å². The van der Waals surface area contributed by atoms with E-state index in [9.17, 15) is 41.0 Å². The maximum Gasteiger partial charge on any atom is 0.416 e. The van der Waals surface area contributed by atoms with Crippen molar-refractivity contribution in [3.8, 4) is 5.75 Å². The van der Waals surface area contributed by atoms with Gasteiger partial charge in [-0.2, -0.15) is 26.3 Å². The summed E-state index contributed by atoms with van der Waals surface area (Å²) in [6, 6.07) is 10.5. The number of ether oxygens (including phenoxy) is 1. The molecule has 0 aromatic heterocycles. The Kier molecular flexibility index (Phi) is 7.18. The lowest BCUT2D eigenvalue weighted by Gasteiger charge is -2.41. The van der Waals surface area contributed by atoms with Crippen LogP contribution in [0.1, 0.15) is 36.0 Å². The number of nitrogens with one attached hydrogen (secondary N) is 1. The smallest absolute Gasteiger partial charge is 0.416 e. The van der Waals surface area contributed by atoms with Crippen molar-refractivity contribution in [2.75, 3.05) is 6.61 Å². The Morgan fingerprint density at radius 3 is 2.14 bits per heavy atom. The molecule has 11 heteroatoms. The average molecular weight is 501 g/mol. The van der Waals surface area contributed by atoms with E-state index in [1.54, 1.807) is 19.1 Å². The minimum atomic E-state index is -5.02. The highest BCUT2D eigenvalue weighted by Gasteiger charge is 2.60. The summed E-state index contributed by atoms with van der Waals surface area (Å²) in [7, 11) is 0. The fourth-order valence-corrected chi connectivity index (χ4v) is 3.83. The quantitative estimate of drug-likeness (QED) is 0.297. The summed E-state index contributed by atoms with van der Waals surface area (Å²) in [5, 5.41) is 11.4. The molecule has 1 heterocycles. The van der Waals surface area contributed by atoms with Gasteiger partial charge in [0.2, 0.25) is 0 Å². The fourth-order valence-electron chi connectivity index (χ4n) is 3.83. The van der Waals surface area contributed by atoms with Crippen LogP contribution in [-0.2, 0) is 15.1 Å². The first-order chi connectivity index (χ1) is 16.2. The number of aryl methyl sites for hydroxylation is 1.